The lowest BCUT2D eigenvalue weighted by molar-refractivity contribution is 0.244. The summed E-state index contributed by atoms with van der Waals surface area (Å²) in [7, 11) is 0. The van der Waals surface area contributed by atoms with Gasteiger partial charge in [0.1, 0.15) is 11.6 Å². The molecule has 1 aromatic rings. The fourth-order valence-electron chi connectivity index (χ4n) is 2.51. The zero-order chi connectivity index (χ0) is 14.2. The third-order valence-electron chi connectivity index (χ3n) is 4.16. The van der Waals surface area contributed by atoms with Crippen molar-refractivity contribution in [1.29, 1.82) is 5.26 Å². The van der Waals surface area contributed by atoms with Crippen LogP contribution in [0.25, 0.3) is 0 Å². The zero-order valence-electron chi connectivity index (χ0n) is 12.1. The van der Waals surface area contributed by atoms with E-state index >= 15 is 0 Å². The molecule has 2 rings (SSSR count). The number of hydrogen-bond acceptors (Lipinski definition) is 5. The first-order valence-electron chi connectivity index (χ1n) is 6.61. The zero-order valence-corrected chi connectivity index (χ0v) is 12.1. The molecule has 2 heterocycles. The maximum absolute atomic E-state index is 9.37. The number of nitrogens with zero attached hydrogens (tertiary/aromatic N) is 4. The Hall–Kier alpha value is -1.67. The van der Waals surface area contributed by atoms with E-state index in [1.807, 2.05) is 13.8 Å². The lowest BCUT2D eigenvalue weighted by atomic mass is 9.79. The number of rotatable bonds is 1. The predicted molar refractivity (Wildman–Crippen MR) is 74.8 cm³/mol. The van der Waals surface area contributed by atoms with Gasteiger partial charge < -0.3 is 10.6 Å². The molecule has 0 aliphatic carbocycles. The molecule has 0 radical (unpaired) electrons. The average Bonchev–Trinajstić information content (AvgIpc) is 2.36. The number of nitrogens with two attached hydrogens (primary N) is 1. The molecule has 0 aromatic carbocycles. The van der Waals surface area contributed by atoms with Crippen molar-refractivity contribution >= 4 is 5.82 Å². The molecule has 1 aromatic heterocycles. The topological polar surface area (TPSA) is 78.8 Å². The average molecular weight is 259 g/mol. The van der Waals surface area contributed by atoms with Gasteiger partial charge in [-0.25, -0.2) is 0 Å². The molecule has 19 heavy (non-hydrogen) atoms. The molecule has 0 saturated carbocycles. The maximum Gasteiger partial charge on any atom is 0.169 e. The molecule has 0 bridgehead atoms. The van der Waals surface area contributed by atoms with Gasteiger partial charge in [0.05, 0.1) is 5.69 Å². The van der Waals surface area contributed by atoms with E-state index in [1.165, 1.54) is 0 Å². The summed E-state index contributed by atoms with van der Waals surface area (Å²) in [6.07, 6.45) is 0.909. The molecule has 0 amide bonds. The number of piperidine rings is 1. The van der Waals surface area contributed by atoms with Crippen LogP contribution in [0, 0.1) is 30.6 Å². The van der Waals surface area contributed by atoms with Crippen LogP contribution in [0.3, 0.4) is 0 Å². The Morgan fingerprint density at radius 1 is 1.37 bits per heavy atom. The van der Waals surface area contributed by atoms with Gasteiger partial charge in [0, 0.05) is 19.1 Å². The van der Waals surface area contributed by atoms with Crippen molar-refractivity contribution in [3.8, 4) is 6.07 Å². The van der Waals surface area contributed by atoms with E-state index in [4.69, 9.17) is 5.73 Å². The minimum Gasteiger partial charge on any atom is -0.353 e. The monoisotopic (exact) mass is 259 g/mol. The fourth-order valence-corrected chi connectivity index (χ4v) is 2.51. The van der Waals surface area contributed by atoms with Crippen molar-refractivity contribution in [2.75, 3.05) is 18.0 Å². The third-order valence-corrected chi connectivity index (χ3v) is 4.16. The van der Waals surface area contributed by atoms with Gasteiger partial charge in [0.25, 0.3) is 0 Å². The first-order chi connectivity index (χ1) is 8.86. The minimum atomic E-state index is 0.0193. The minimum absolute atomic E-state index is 0.0193. The number of aromatic nitrogens is 2. The Balaban J connectivity index is 2.39. The molecule has 1 aliphatic heterocycles. The summed E-state index contributed by atoms with van der Waals surface area (Å²) in [5, 5.41) is 17.8. The molecule has 1 aliphatic rings. The van der Waals surface area contributed by atoms with Crippen LogP contribution in [-0.2, 0) is 0 Å². The summed E-state index contributed by atoms with van der Waals surface area (Å²) >= 11 is 0. The highest BCUT2D eigenvalue weighted by molar-refractivity contribution is 5.57. The van der Waals surface area contributed by atoms with Crippen LogP contribution in [0.1, 0.15) is 37.1 Å². The van der Waals surface area contributed by atoms with E-state index in [2.05, 4.69) is 35.0 Å². The van der Waals surface area contributed by atoms with Gasteiger partial charge in [-0.1, -0.05) is 13.8 Å². The van der Waals surface area contributed by atoms with Crippen molar-refractivity contribution < 1.29 is 0 Å². The molecule has 5 heteroatoms. The molecule has 1 atom stereocenters. The highest BCUT2D eigenvalue weighted by Gasteiger charge is 2.35. The van der Waals surface area contributed by atoms with Gasteiger partial charge in [0.2, 0.25) is 0 Å². The largest absolute Gasteiger partial charge is 0.353 e. The summed E-state index contributed by atoms with van der Waals surface area (Å²) in [6, 6.07) is 2.45. The van der Waals surface area contributed by atoms with Crippen molar-refractivity contribution in [3.63, 3.8) is 0 Å². The second-order valence-corrected chi connectivity index (χ2v) is 6.03. The second-order valence-electron chi connectivity index (χ2n) is 6.03. The van der Waals surface area contributed by atoms with Crippen LogP contribution in [0.4, 0.5) is 5.82 Å². The fraction of sp³-hybridized carbons (Fsp3) is 0.643. The Labute approximate surface area is 114 Å². The molecule has 5 nitrogen and oxygen atoms in total. The van der Waals surface area contributed by atoms with Gasteiger partial charge in [0.15, 0.2) is 5.82 Å². The molecular weight excluding hydrogens is 238 g/mol. The van der Waals surface area contributed by atoms with Crippen LogP contribution in [0.5, 0.6) is 0 Å². The second kappa shape index (κ2) is 4.78. The number of aryl methyl sites for hydroxylation is 1. The van der Waals surface area contributed by atoms with Gasteiger partial charge in [-0.3, -0.25) is 0 Å². The highest BCUT2D eigenvalue weighted by atomic mass is 15.3. The van der Waals surface area contributed by atoms with Crippen LogP contribution >= 0.6 is 0 Å². The van der Waals surface area contributed by atoms with Gasteiger partial charge in [-0.2, -0.15) is 10.4 Å². The van der Waals surface area contributed by atoms with E-state index in [0.717, 1.165) is 30.8 Å². The smallest absolute Gasteiger partial charge is 0.169 e. The van der Waals surface area contributed by atoms with E-state index in [0.29, 0.717) is 11.4 Å². The Bertz CT molecular complexity index is 529. The lowest BCUT2D eigenvalue weighted by Crippen LogP contribution is -2.53. The summed E-state index contributed by atoms with van der Waals surface area (Å²) in [6.45, 7) is 9.75. The maximum atomic E-state index is 9.37. The molecule has 2 N–H and O–H groups in total. The van der Waals surface area contributed by atoms with Crippen molar-refractivity contribution in [3.05, 3.63) is 16.8 Å². The molecule has 1 saturated heterocycles. The standard InChI is InChI=1S/C14H21N5/c1-9-10(2)17-18-13(11(9)7-15)19-6-5-12(16)14(3,4)8-19/h12H,5-6,8,16H2,1-4H3. The third kappa shape index (κ3) is 2.41. The van der Waals surface area contributed by atoms with Gasteiger partial charge >= 0.3 is 0 Å². The number of nitriles is 1. The SMILES string of the molecule is Cc1nnc(N2CCC(N)C(C)(C)C2)c(C#N)c1C. The summed E-state index contributed by atoms with van der Waals surface area (Å²) in [5.41, 5.74) is 8.54. The molecule has 102 valence electrons. The van der Waals surface area contributed by atoms with Crippen molar-refractivity contribution in [2.45, 2.75) is 40.2 Å². The summed E-state index contributed by atoms with van der Waals surface area (Å²) in [4.78, 5) is 2.14. The summed E-state index contributed by atoms with van der Waals surface area (Å²) in [5.74, 6) is 0.700. The molecule has 1 unspecified atom stereocenters. The Morgan fingerprint density at radius 2 is 2.05 bits per heavy atom. The first kappa shape index (κ1) is 13.8. The van der Waals surface area contributed by atoms with Crippen molar-refractivity contribution in [2.24, 2.45) is 11.1 Å². The van der Waals surface area contributed by atoms with Gasteiger partial charge in [-0.15, -0.1) is 5.10 Å². The quantitative estimate of drug-likeness (QED) is 0.827. The molecule has 1 fully saturated rings. The normalized spacial score (nSPS) is 22.1. The van der Waals surface area contributed by atoms with Crippen LogP contribution in [0.15, 0.2) is 0 Å². The number of hydrogen-bond donors (Lipinski definition) is 1. The molecule has 0 spiro atoms. The first-order valence-corrected chi connectivity index (χ1v) is 6.61. The van der Waals surface area contributed by atoms with Crippen LogP contribution in [-0.4, -0.2) is 29.3 Å². The molecular formula is C14H21N5. The van der Waals surface area contributed by atoms with E-state index < -0.39 is 0 Å². The lowest BCUT2D eigenvalue weighted by Gasteiger charge is -2.43. The Kier molecular flexibility index (Phi) is 3.46. The highest BCUT2D eigenvalue weighted by Crippen LogP contribution is 2.32. The predicted octanol–water partition coefficient (Wildman–Crippen LogP) is 1.53. The van der Waals surface area contributed by atoms with E-state index in [9.17, 15) is 5.26 Å². The number of anilines is 1. The summed E-state index contributed by atoms with van der Waals surface area (Å²) < 4.78 is 0. The Morgan fingerprint density at radius 3 is 2.63 bits per heavy atom. The van der Waals surface area contributed by atoms with Crippen LogP contribution < -0.4 is 10.6 Å². The van der Waals surface area contributed by atoms with Gasteiger partial charge in [-0.05, 0) is 31.2 Å². The van der Waals surface area contributed by atoms with E-state index in [1.54, 1.807) is 0 Å². The van der Waals surface area contributed by atoms with Crippen molar-refractivity contribution in [1.82, 2.24) is 10.2 Å². The van der Waals surface area contributed by atoms with Crippen LogP contribution in [0.2, 0.25) is 0 Å². The van der Waals surface area contributed by atoms with E-state index in [-0.39, 0.29) is 11.5 Å².